The Bertz CT molecular complexity index is 301. The number of rotatable bonds is 1. The molecule has 0 saturated carbocycles. The van der Waals surface area contributed by atoms with Gasteiger partial charge in [-0.05, 0) is 6.92 Å². The van der Waals surface area contributed by atoms with Gasteiger partial charge >= 0.3 is 12.2 Å². The van der Waals surface area contributed by atoms with Crippen LogP contribution in [0.2, 0.25) is 0 Å². The Morgan fingerprint density at radius 1 is 1.60 bits per heavy atom. The topological polar surface area (TPSA) is 56.1 Å². The van der Waals surface area contributed by atoms with Gasteiger partial charge in [-0.2, -0.15) is 18.4 Å². The molecule has 2 amide bonds. The second kappa shape index (κ2) is 3.61. The van der Waals surface area contributed by atoms with Crippen LogP contribution in [0.4, 0.5) is 18.0 Å². The van der Waals surface area contributed by atoms with E-state index < -0.39 is 24.2 Å². The van der Waals surface area contributed by atoms with Crippen LogP contribution in [0.5, 0.6) is 0 Å². The molecule has 84 valence electrons. The van der Waals surface area contributed by atoms with E-state index in [1.54, 1.807) is 12.2 Å². The summed E-state index contributed by atoms with van der Waals surface area (Å²) in [5, 5.41) is 10.4. The lowest BCUT2D eigenvalue weighted by molar-refractivity contribution is -0.123. The predicted octanol–water partition coefficient (Wildman–Crippen LogP) is 1.10. The van der Waals surface area contributed by atoms with Crippen molar-refractivity contribution in [2.75, 3.05) is 19.6 Å². The van der Waals surface area contributed by atoms with E-state index in [2.05, 4.69) is 0 Å². The number of carbonyl (C=O) groups is 1. The van der Waals surface area contributed by atoms with Crippen molar-refractivity contribution >= 4 is 6.03 Å². The standard InChI is InChI=1S/C8H10F3N3O/c1-7(2-12)4-14(5-7)6(15)13-3-8(9,10)11/h3-5H2,1H3,(H,13,15). The van der Waals surface area contributed by atoms with Crippen LogP contribution >= 0.6 is 0 Å². The number of hydrogen-bond acceptors (Lipinski definition) is 2. The molecule has 1 heterocycles. The van der Waals surface area contributed by atoms with Gasteiger partial charge in [0.25, 0.3) is 0 Å². The van der Waals surface area contributed by atoms with Gasteiger partial charge in [0.15, 0.2) is 0 Å². The summed E-state index contributed by atoms with van der Waals surface area (Å²) in [6, 6.07) is 1.21. The maximum atomic E-state index is 11.7. The molecule has 0 radical (unpaired) electrons. The highest BCUT2D eigenvalue weighted by molar-refractivity contribution is 5.75. The molecule has 1 aliphatic heterocycles. The normalized spacial score (nSPS) is 19.0. The van der Waals surface area contributed by atoms with Crippen LogP contribution in [0.25, 0.3) is 0 Å². The molecule has 0 spiro atoms. The van der Waals surface area contributed by atoms with Gasteiger partial charge in [0.2, 0.25) is 0 Å². The lowest BCUT2D eigenvalue weighted by atomic mass is 9.84. The van der Waals surface area contributed by atoms with E-state index in [-0.39, 0.29) is 13.1 Å². The molecule has 0 aromatic carbocycles. The third-order valence-electron chi connectivity index (χ3n) is 2.08. The van der Waals surface area contributed by atoms with E-state index in [1.165, 1.54) is 4.90 Å². The molecule has 15 heavy (non-hydrogen) atoms. The molecule has 1 N–H and O–H groups in total. The molecule has 0 atom stereocenters. The number of alkyl halides is 3. The smallest absolute Gasteiger partial charge is 0.329 e. The molecule has 7 heteroatoms. The molecular formula is C8H10F3N3O. The van der Waals surface area contributed by atoms with Crippen molar-refractivity contribution in [3.63, 3.8) is 0 Å². The number of carbonyl (C=O) groups excluding carboxylic acids is 1. The summed E-state index contributed by atoms with van der Waals surface area (Å²) in [7, 11) is 0. The number of nitriles is 1. The third-order valence-corrected chi connectivity index (χ3v) is 2.08. The average molecular weight is 221 g/mol. The number of urea groups is 1. The third kappa shape index (κ3) is 3.01. The lowest BCUT2D eigenvalue weighted by Crippen LogP contribution is -2.59. The van der Waals surface area contributed by atoms with Crippen molar-refractivity contribution in [2.24, 2.45) is 5.41 Å². The Labute approximate surface area is 84.6 Å². The number of amides is 2. The fourth-order valence-corrected chi connectivity index (χ4v) is 1.30. The molecule has 1 fully saturated rings. The van der Waals surface area contributed by atoms with Gasteiger partial charge in [-0.1, -0.05) is 0 Å². The molecular weight excluding hydrogens is 211 g/mol. The lowest BCUT2D eigenvalue weighted by Gasteiger charge is -2.43. The number of hydrogen-bond donors (Lipinski definition) is 1. The minimum atomic E-state index is -4.40. The van der Waals surface area contributed by atoms with E-state index in [0.717, 1.165) is 0 Å². The van der Waals surface area contributed by atoms with Crippen LogP contribution in [-0.2, 0) is 0 Å². The van der Waals surface area contributed by atoms with E-state index in [1.807, 2.05) is 6.07 Å². The molecule has 0 unspecified atom stereocenters. The van der Waals surface area contributed by atoms with Crippen LogP contribution in [0.15, 0.2) is 0 Å². The Hall–Kier alpha value is -1.45. The molecule has 0 aromatic rings. The highest BCUT2D eigenvalue weighted by Gasteiger charge is 2.42. The molecule has 1 saturated heterocycles. The summed E-state index contributed by atoms with van der Waals surface area (Å²) in [4.78, 5) is 12.3. The van der Waals surface area contributed by atoms with Crippen LogP contribution in [0, 0.1) is 16.7 Å². The second-order valence-electron chi connectivity index (χ2n) is 3.80. The first-order valence-corrected chi connectivity index (χ1v) is 4.26. The van der Waals surface area contributed by atoms with Crippen molar-refractivity contribution in [1.29, 1.82) is 5.26 Å². The molecule has 0 aliphatic carbocycles. The van der Waals surface area contributed by atoms with E-state index in [9.17, 15) is 18.0 Å². The zero-order valence-corrected chi connectivity index (χ0v) is 8.06. The van der Waals surface area contributed by atoms with Crippen LogP contribution < -0.4 is 5.32 Å². The van der Waals surface area contributed by atoms with Crippen LogP contribution in [-0.4, -0.2) is 36.7 Å². The zero-order chi connectivity index (χ0) is 11.7. The fraction of sp³-hybridized carbons (Fsp3) is 0.750. The fourth-order valence-electron chi connectivity index (χ4n) is 1.30. The first kappa shape index (κ1) is 11.6. The number of nitrogens with zero attached hydrogens (tertiary/aromatic N) is 2. The molecule has 0 bridgehead atoms. The highest BCUT2D eigenvalue weighted by atomic mass is 19.4. The van der Waals surface area contributed by atoms with E-state index in [4.69, 9.17) is 5.26 Å². The summed E-state index contributed by atoms with van der Waals surface area (Å²) in [6.45, 7) is 0.659. The zero-order valence-electron chi connectivity index (χ0n) is 8.06. The average Bonchev–Trinajstić information content (AvgIpc) is 2.08. The van der Waals surface area contributed by atoms with Crippen molar-refractivity contribution in [3.8, 4) is 6.07 Å². The number of nitrogens with one attached hydrogen (secondary N) is 1. The predicted molar refractivity (Wildman–Crippen MR) is 44.7 cm³/mol. The Balaban J connectivity index is 2.31. The van der Waals surface area contributed by atoms with E-state index >= 15 is 0 Å². The summed E-state index contributed by atoms with van der Waals surface area (Å²) < 4.78 is 35.2. The van der Waals surface area contributed by atoms with Gasteiger partial charge in [0.05, 0.1) is 11.5 Å². The molecule has 1 aliphatic rings. The molecule has 4 nitrogen and oxygen atoms in total. The summed E-state index contributed by atoms with van der Waals surface area (Å²) >= 11 is 0. The highest BCUT2D eigenvalue weighted by Crippen LogP contribution is 2.28. The van der Waals surface area contributed by atoms with Crippen LogP contribution in [0.3, 0.4) is 0 Å². The van der Waals surface area contributed by atoms with Crippen molar-refractivity contribution in [1.82, 2.24) is 10.2 Å². The second-order valence-corrected chi connectivity index (χ2v) is 3.80. The first-order valence-electron chi connectivity index (χ1n) is 4.26. The largest absolute Gasteiger partial charge is 0.405 e. The monoisotopic (exact) mass is 221 g/mol. The Morgan fingerprint density at radius 3 is 2.53 bits per heavy atom. The first-order chi connectivity index (χ1) is 6.76. The summed E-state index contributed by atoms with van der Waals surface area (Å²) in [5.74, 6) is 0. The maximum Gasteiger partial charge on any atom is 0.405 e. The molecule has 1 rings (SSSR count). The van der Waals surface area contributed by atoms with Crippen molar-refractivity contribution < 1.29 is 18.0 Å². The Kier molecular flexibility index (Phi) is 2.79. The number of likely N-dealkylation sites (tertiary alicyclic amines) is 1. The molecule has 0 aromatic heterocycles. The van der Waals surface area contributed by atoms with Gasteiger partial charge in [-0.15, -0.1) is 0 Å². The van der Waals surface area contributed by atoms with Gasteiger partial charge in [0, 0.05) is 13.1 Å². The van der Waals surface area contributed by atoms with Gasteiger partial charge in [0.1, 0.15) is 6.54 Å². The minimum Gasteiger partial charge on any atom is -0.329 e. The van der Waals surface area contributed by atoms with Gasteiger partial charge in [-0.25, -0.2) is 4.79 Å². The SMILES string of the molecule is CC1(C#N)CN(C(=O)NCC(F)(F)F)C1. The van der Waals surface area contributed by atoms with Crippen LogP contribution in [0.1, 0.15) is 6.92 Å². The van der Waals surface area contributed by atoms with Gasteiger partial charge < -0.3 is 10.2 Å². The summed E-state index contributed by atoms with van der Waals surface area (Å²) in [5.41, 5.74) is -0.616. The summed E-state index contributed by atoms with van der Waals surface area (Å²) in [6.07, 6.45) is -4.40. The minimum absolute atomic E-state index is 0.174. The van der Waals surface area contributed by atoms with Gasteiger partial charge in [-0.3, -0.25) is 0 Å². The van der Waals surface area contributed by atoms with E-state index in [0.29, 0.717) is 0 Å². The maximum absolute atomic E-state index is 11.7. The Morgan fingerprint density at radius 2 is 2.13 bits per heavy atom. The van der Waals surface area contributed by atoms with Crippen molar-refractivity contribution in [2.45, 2.75) is 13.1 Å². The van der Waals surface area contributed by atoms with Crippen molar-refractivity contribution in [3.05, 3.63) is 0 Å². The quantitative estimate of drug-likeness (QED) is 0.720. The number of halogens is 3.